The fourth-order valence-corrected chi connectivity index (χ4v) is 1.72. The highest BCUT2D eigenvalue weighted by Gasteiger charge is 2.12. The molecule has 0 amide bonds. The third-order valence-corrected chi connectivity index (χ3v) is 2.43. The molecule has 0 saturated heterocycles. The maximum absolute atomic E-state index is 10.7. The van der Waals surface area contributed by atoms with E-state index < -0.39 is 5.97 Å². The summed E-state index contributed by atoms with van der Waals surface area (Å²) in [6.45, 7) is 0. The predicted molar refractivity (Wildman–Crippen MR) is 46.2 cm³/mol. The minimum atomic E-state index is -0.932. The Hall–Kier alpha value is -1.69. The van der Waals surface area contributed by atoms with E-state index in [-0.39, 0.29) is 0 Å². The summed E-state index contributed by atoms with van der Waals surface area (Å²) in [6, 6.07) is 1.72. The van der Waals surface area contributed by atoms with Gasteiger partial charge in [0.15, 0.2) is 0 Å². The van der Waals surface area contributed by atoms with E-state index in [1.165, 1.54) is 24.0 Å². The van der Waals surface area contributed by atoms with Gasteiger partial charge in [0.2, 0.25) is 0 Å². The van der Waals surface area contributed by atoms with Gasteiger partial charge in [0.25, 0.3) is 0 Å². The van der Waals surface area contributed by atoms with Crippen molar-refractivity contribution in [1.82, 2.24) is 14.8 Å². The smallest absolute Gasteiger partial charge is 0.348 e. The predicted octanol–water partition coefficient (Wildman–Crippen LogP) is 1.03. The summed E-state index contributed by atoms with van der Waals surface area (Å²) < 4.78 is 1.57. The van der Waals surface area contributed by atoms with Crippen LogP contribution in [0.2, 0.25) is 0 Å². The van der Waals surface area contributed by atoms with Gasteiger partial charge in [-0.15, -0.1) is 21.5 Å². The van der Waals surface area contributed by atoms with Crippen LogP contribution in [0.4, 0.5) is 0 Å². The van der Waals surface area contributed by atoms with Gasteiger partial charge in [-0.05, 0) is 11.4 Å². The molecule has 6 heteroatoms. The van der Waals surface area contributed by atoms with Gasteiger partial charge in [-0.1, -0.05) is 0 Å². The van der Waals surface area contributed by atoms with Crippen LogP contribution in [0.15, 0.2) is 24.1 Å². The molecule has 13 heavy (non-hydrogen) atoms. The molecule has 2 aromatic rings. The van der Waals surface area contributed by atoms with Gasteiger partial charge < -0.3 is 5.11 Å². The molecule has 2 rings (SSSR count). The Balaban J connectivity index is 2.52. The maximum atomic E-state index is 10.7. The van der Waals surface area contributed by atoms with Gasteiger partial charge in [0.1, 0.15) is 17.5 Å². The molecule has 0 aliphatic rings. The number of aromatic carboxylic acids is 1. The largest absolute Gasteiger partial charge is 0.477 e. The molecule has 0 aliphatic carbocycles. The first-order valence-corrected chi connectivity index (χ1v) is 4.33. The van der Waals surface area contributed by atoms with E-state index in [0.717, 1.165) is 0 Å². The van der Waals surface area contributed by atoms with Crippen LogP contribution in [0.25, 0.3) is 5.69 Å². The Morgan fingerprint density at radius 2 is 2.15 bits per heavy atom. The lowest BCUT2D eigenvalue weighted by atomic mass is 10.4. The van der Waals surface area contributed by atoms with E-state index in [0.29, 0.717) is 10.6 Å². The molecular weight excluding hydrogens is 190 g/mol. The van der Waals surface area contributed by atoms with E-state index in [2.05, 4.69) is 10.2 Å². The van der Waals surface area contributed by atoms with Crippen molar-refractivity contribution < 1.29 is 9.90 Å². The number of carbonyl (C=O) groups is 1. The summed E-state index contributed by atoms with van der Waals surface area (Å²) in [5.41, 5.74) is 0.600. The number of hydrogen-bond donors (Lipinski definition) is 1. The summed E-state index contributed by atoms with van der Waals surface area (Å²) >= 11 is 1.18. The lowest BCUT2D eigenvalue weighted by Crippen LogP contribution is -1.99. The second kappa shape index (κ2) is 2.98. The molecule has 2 aromatic heterocycles. The Bertz CT molecular complexity index is 421. The maximum Gasteiger partial charge on any atom is 0.348 e. The molecule has 0 spiro atoms. The average Bonchev–Trinajstić information content (AvgIpc) is 2.74. The molecule has 0 aliphatic heterocycles. The molecule has 2 heterocycles. The van der Waals surface area contributed by atoms with Crippen molar-refractivity contribution in [1.29, 1.82) is 0 Å². The summed E-state index contributed by atoms with van der Waals surface area (Å²) in [7, 11) is 0. The van der Waals surface area contributed by atoms with Crippen molar-refractivity contribution >= 4 is 17.3 Å². The van der Waals surface area contributed by atoms with Crippen LogP contribution in [0.5, 0.6) is 0 Å². The Kier molecular flexibility index (Phi) is 1.82. The summed E-state index contributed by atoms with van der Waals surface area (Å²) in [5.74, 6) is -0.932. The van der Waals surface area contributed by atoms with Crippen molar-refractivity contribution in [3.8, 4) is 5.69 Å². The normalized spacial score (nSPS) is 10.2. The quantitative estimate of drug-likeness (QED) is 0.777. The number of hydrogen-bond acceptors (Lipinski definition) is 4. The molecule has 0 unspecified atom stereocenters. The van der Waals surface area contributed by atoms with Gasteiger partial charge in [-0.3, -0.25) is 4.57 Å². The minimum Gasteiger partial charge on any atom is -0.477 e. The molecule has 5 nitrogen and oxygen atoms in total. The highest BCUT2D eigenvalue weighted by atomic mass is 32.1. The average molecular weight is 195 g/mol. The zero-order chi connectivity index (χ0) is 9.26. The molecule has 0 atom stereocenters. The number of nitrogens with zero attached hydrogens (tertiary/aromatic N) is 3. The third-order valence-electron chi connectivity index (χ3n) is 1.54. The molecule has 1 N–H and O–H groups in total. The summed E-state index contributed by atoms with van der Waals surface area (Å²) in [6.07, 6.45) is 2.93. The molecule has 0 bridgehead atoms. The van der Waals surface area contributed by atoms with E-state index in [4.69, 9.17) is 5.11 Å². The summed E-state index contributed by atoms with van der Waals surface area (Å²) in [4.78, 5) is 11.0. The molecule has 66 valence electrons. The summed E-state index contributed by atoms with van der Waals surface area (Å²) in [5, 5.41) is 17.7. The monoisotopic (exact) mass is 195 g/mol. The molecular formula is C7H5N3O2S. The number of rotatable bonds is 2. The van der Waals surface area contributed by atoms with E-state index in [9.17, 15) is 4.79 Å². The first-order valence-electron chi connectivity index (χ1n) is 3.45. The van der Waals surface area contributed by atoms with Crippen molar-refractivity contribution in [2.45, 2.75) is 0 Å². The Morgan fingerprint density at radius 1 is 1.46 bits per heavy atom. The number of aromatic nitrogens is 3. The minimum absolute atomic E-state index is 0.291. The van der Waals surface area contributed by atoms with Crippen LogP contribution in [-0.4, -0.2) is 25.8 Å². The highest BCUT2D eigenvalue weighted by Crippen LogP contribution is 2.20. The molecule has 0 radical (unpaired) electrons. The zero-order valence-electron chi connectivity index (χ0n) is 6.41. The van der Waals surface area contributed by atoms with Crippen LogP contribution in [0.3, 0.4) is 0 Å². The number of thiophene rings is 1. The van der Waals surface area contributed by atoms with Crippen molar-refractivity contribution in [3.05, 3.63) is 29.0 Å². The first kappa shape index (κ1) is 7.93. The second-order valence-electron chi connectivity index (χ2n) is 2.31. The van der Waals surface area contributed by atoms with Gasteiger partial charge in [-0.2, -0.15) is 0 Å². The van der Waals surface area contributed by atoms with Crippen LogP contribution in [-0.2, 0) is 0 Å². The van der Waals surface area contributed by atoms with Crippen molar-refractivity contribution in [3.63, 3.8) is 0 Å². The van der Waals surface area contributed by atoms with Crippen LogP contribution < -0.4 is 0 Å². The topological polar surface area (TPSA) is 68.0 Å². The number of carboxylic acids is 1. The highest BCUT2D eigenvalue weighted by molar-refractivity contribution is 7.12. The van der Waals surface area contributed by atoms with Gasteiger partial charge in [0.05, 0.1) is 5.69 Å². The lowest BCUT2D eigenvalue weighted by molar-refractivity contribution is 0.0702. The molecule has 0 saturated carbocycles. The van der Waals surface area contributed by atoms with Gasteiger partial charge >= 0.3 is 5.97 Å². The van der Waals surface area contributed by atoms with Crippen LogP contribution in [0, 0.1) is 0 Å². The van der Waals surface area contributed by atoms with E-state index in [1.54, 1.807) is 16.0 Å². The fourth-order valence-electron chi connectivity index (χ4n) is 0.991. The lowest BCUT2D eigenvalue weighted by Gasteiger charge is -1.97. The SMILES string of the molecule is O=C(O)c1sccc1-n1cnnc1. The van der Waals surface area contributed by atoms with Crippen molar-refractivity contribution in [2.75, 3.05) is 0 Å². The molecule has 0 aromatic carbocycles. The van der Waals surface area contributed by atoms with Crippen molar-refractivity contribution in [2.24, 2.45) is 0 Å². The standard InChI is InChI=1S/C7H5N3O2S/c11-7(12)6-5(1-2-13-6)10-3-8-9-4-10/h1-4H,(H,11,12). The second-order valence-corrected chi connectivity index (χ2v) is 3.23. The number of carboxylic acid groups (broad SMARTS) is 1. The van der Waals surface area contributed by atoms with Crippen LogP contribution >= 0.6 is 11.3 Å². The fraction of sp³-hybridized carbons (Fsp3) is 0. The van der Waals surface area contributed by atoms with Gasteiger partial charge in [-0.25, -0.2) is 4.79 Å². The van der Waals surface area contributed by atoms with Gasteiger partial charge in [0, 0.05) is 0 Å². The zero-order valence-corrected chi connectivity index (χ0v) is 7.23. The van der Waals surface area contributed by atoms with E-state index in [1.807, 2.05) is 0 Å². The third kappa shape index (κ3) is 1.31. The molecule has 0 fully saturated rings. The Morgan fingerprint density at radius 3 is 2.77 bits per heavy atom. The Labute approximate surface area is 77.3 Å². The first-order chi connectivity index (χ1) is 6.29. The van der Waals surface area contributed by atoms with Crippen LogP contribution in [0.1, 0.15) is 9.67 Å². The van der Waals surface area contributed by atoms with E-state index >= 15 is 0 Å².